The minimum Gasteiger partial charge on any atom is -0.507 e. The molecule has 3 atom stereocenters. The predicted molar refractivity (Wildman–Crippen MR) is 116 cm³/mol. The second-order valence-electron chi connectivity index (χ2n) is 9.15. The minimum atomic E-state index is -1.04. The maximum atomic E-state index is 12.2. The number of nitrogens with zero attached hydrogens (tertiary/aromatic N) is 1. The first-order valence-corrected chi connectivity index (χ1v) is 10.4. The van der Waals surface area contributed by atoms with E-state index in [0.29, 0.717) is 24.8 Å². The van der Waals surface area contributed by atoms with E-state index in [1.165, 1.54) is 5.57 Å². The fourth-order valence-corrected chi connectivity index (χ4v) is 5.49. The van der Waals surface area contributed by atoms with Gasteiger partial charge in [-0.05, 0) is 71.6 Å². The molecule has 1 aromatic rings. The van der Waals surface area contributed by atoms with E-state index in [4.69, 9.17) is 5.73 Å². The number of fused-ring (bicyclic) bond motifs is 1. The third-order valence-corrected chi connectivity index (χ3v) is 7.17. The van der Waals surface area contributed by atoms with E-state index in [0.717, 1.165) is 30.6 Å². The number of benzene rings is 1. The van der Waals surface area contributed by atoms with Gasteiger partial charge < -0.3 is 15.9 Å². The van der Waals surface area contributed by atoms with Crippen LogP contribution in [0.3, 0.4) is 0 Å². The van der Waals surface area contributed by atoms with E-state index in [1.54, 1.807) is 6.07 Å². The van der Waals surface area contributed by atoms with Gasteiger partial charge in [-0.2, -0.15) is 0 Å². The SMILES string of the molecule is C=C1CCC2(O)C(C)N(CC=C(C)C)CC[C@]2(c2c(C)ccc(C(N)=O)c2O)C1. The molecule has 1 aromatic carbocycles. The Kier molecular flexibility index (Phi) is 5.67. The van der Waals surface area contributed by atoms with Crippen LogP contribution in [0.2, 0.25) is 0 Å². The lowest BCUT2D eigenvalue weighted by molar-refractivity contribution is -0.144. The predicted octanol–water partition coefficient (Wildman–Crippen LogP) is 3.57. The van der Waals surface area contributed by atoms with Crippen LogP contribution in [0.1, 0.15) is 67.9 Å². The number of carbonyl (C=O) groups excluding carboxylic acids is 1. The number of likely N-dealkylation sites (tertiary alicyclic amines) is 1. The molecule has 1 amide bonds. The monoisotopic (exact) mass is 398 g/mol. The first-order valence-electron chi connectivity index (χ1n) is 10.4. The molecule has 4 N–H and O–H groups in total. The molecule has 2 fully saturated rings. The van der Waals surface area contributed by atoms with Gasteiger partial charge in [0.05, 0.1) is 11.2 Å². The summed E-state index contributed by atoms with van der Waals surface area (Å²) in [6, 6.07) is 3.29. The largest absolute Gasteiger partial charge is 0.507 e. The van der Waals surface area contributed by atoms with Crippen molar-refractivity contribution in [1.29, 1.82) is 0 Å². The van der Waals surface area contributed by atoms with Crippen molar-refractivity contribution in [1.82, 2.24) is 4.90 Å². The summed E-state index contributed by atoms with van der Waals surface area (Å²) in [5, 5.41) is 23.3. The van der Waals surface area contributed by atoms with Crippen molar-refractivity contribution in [3.8, 4) is 5.75 Å². The lowest BCUT2D eigenvalue weighted by atomic mass is 9.52. The molecule has 5 heteroatoms. The molecule has 0 spiro atoms. The number of aryl methyl sites for hydroxylation is 1. The fraction of sp³-hybridized carbons (Fsp3) is 0.542. The molecule has 1 saturated carbocycles. The van der Waals surface area contributed by atoms with Crippen molar-refractivity contribution in [2.24, 2.45) is 5.73 Å². The van der Waals surface area contributed by atoms with Crippen molar-refractivity contribution >= 4 is 5.91 Å². The quantitative estimate of drug-likeness (QED) is 0.677. The number of hydrogen-bond acceptors (Lipinski definition) is 4. The van der Waals surface area contributed by atoms with Gasteiger partial charge in [0.1, 0.15) is 5.75 Å². The number of rotatable bonds is 4. The summed E-state index contributed by atoms with van der Waals surface area (Å²) >= 11 is 0. The van der Waals surface area contributed by atoms with E-state index < -0.39 is 16.9 Å². The molecule has 1 heterocycles. The van der Waals surface area contributed by atoms with Crippen molar-refractivity contribution in [2.45, 2.75) is 70.4 Å². The third kappa shape index (κ3) is 3.40. The number of primary amides is 1. The van der Waals surface area contributed by atoms with Gasteiger partial charge in [0.25, 0.3) is 5.91 Å². The molecule has 0 aromatic heterocycles. The maximum Gasteiger partial charge on any atom is 0.252 e. The first kappa shape index (κ1) is 21.6. The van der Waals surface area contributed by atoms with Crippen LogP contribution in [-0.2, 0) is 5.41 Å². The summed E-state index contributed by atoms with van der Waals surface area (Å²) in [6.07, 6.45) is 4.80. The van der Waals surface area contributed by atoms with Crippen molar-refractivity contribution in [2.75, 3.05) is 13.1 Å². The Hall–Kier alpha value is -2.11. The molecule has 158 valence electrons. The minimum absolute atomic E-state index is 0.0874. The smallest absolute Gasteiger partial charge is 0.252 e. The van der Waals surface area contributed by atoms with E-state index >= 15 is 0 Å². The Morgan fingerprint density at radius 2 is 2.07 bits per heavy atom. The highest BCUT2D eigenvalue weighted by Crippen LogP contribution is 2.57. The average molecular weight is 399 g/mol. The zero-order valence-corrected chi connectivity index (χ0v) is 18.1. The van der Waals surface area contributed by atoms with Gasteiger partial charge >= 0.3 is 0 Å². The number of aromatic hydroxyl groups is 1. The Bertz CT molecular complexity index is 871. The molecule has 1 saturated heterocycles. The standard InChI is InChI=1S/C24H34N2O3/c1-15(2)9-12-26-13-11-23(14-16(3)8-10-24(23,29)18(26)5)20-17(4)6-7-19(21(20)27)22(25)28/h6-7,9,18,27,29H,3,8,10-14H2,1-2,4-5H3,(H2,25,28)/t18?,23-,24?/m1/s1. The Morgan fingerprint density at radius 3 is 2.69 bits per heavy atom. The van der Waals surface area contributed by atoms with Crippen LogP contribution in [-0.4, -0.2) is 45.8 Å². The lowest BCUT2D eigenvalue weighted by Crippen LogP contribution is -2.69. The van der Waals surface area contributed by atoms with Crippen molar-refractivity contribution in [3.05, 3.63) is 52.6 Å². The zero-order chi connectivity index (χ0) is 21.6. The van der Waals surface area contributed by atoms with Crippen LogP contribution < -0.4 is 5.73 Å². The van der Waals surface area contributed by atoms with E-state index in [2.05, 4.69) is 38.3 Å². The molecule has 1 aliphatic carbocycles. The van der Waals surface area contributed by atoms with Gasteiger partial charge in [0, 0.05) is 23.6 Å². The van der Waals surface area contributed by atoms with E-state index in [9.17, 15) is 15.0 Å². The molecule has 29 heavy (non-hydrogen) atoms. The van der Waals surface area contributed by atoms with Gasteiger partial charge in [-0.3, -0.25) is 9.69 Å². The van der Waals surface area contributed by atoms with Crippen LogP contribution in [0, 0.1) is 6.92 Å². The summed E-state index contributed by atoms with van der Waals surface area (Å²) in [4.78, 5) is 14.2. The zero-order valence-electron chi connectivity index (χ0n) is 18.1. The number of allylic oxidation sites excluding steroid dienone is 2. The average Bonchev–Trinajstić information content (AvgIpc) is 2.63. The molecular formula is C24H34N2O3. The topological polar surface area (TPSA) is 86.8 Å². The Morgan fingerprint density at radius 1 is 1.38 bits per heavy atom. The second-order valence-corrected chi connectivity index (χ2v) is 9.15. The molecule has 1 aliphatic heterocycles. The highest BCUT2D eigenvalue weighted by molar-refractivity contribution is 5.96. The number of hydrogen-bond donors (Lipinski definition) is 3. The highest BCUT2D eigenvalue weighted by atomic mass is 16.3. The van der Waals surface area contributed by atoms with Crippen molar-refractivity contribution in [3.63, 3.8) is 0 Å². The van der Waals surface area contributed by atoms with E-state index in [-0.39, 0.29) is 17.4 Å². The second kappa shape index (κ2) is 7.62. The number of nitrogens with two attached hydrogens (primary N) is 1. The Labute approximate surface area is 173 Å². The maximum absolute atomic E-state index is 12.2. The van der Waals surface area contributed by atoms with Gasteiger partial charge in [0.2, 0.25) is 0 Å². The van der Waals surface area contributed by atoms with Gasteiger partial charge in [-0.15, -0.1) is 0 Å². The van der Waals surface area contributed by atoms with Crippen LogP contribution in [0.4, 0.5) is 0 Å². The molecule has 2 unspecified atom stereocenters. The third-order valence-electron chi connectivity index (χ3n) is 7.17. The summed E-state index contributed by atoms with van der Waals surface area (Å²) in [7, 11) is 0. The number of carbonyl (C=O) groups is 1. The van der Waals surface area contributed by atoms with Crippen LogP contribution in [0.5, 0.6) is 5.75 Å². The summed E-state index contributed by atoms with van der Waals surface area (Å²) in [6.45, 7) is 14.0. The molecular weight excluding hydrogens is 364 g/mol. The van der Waals surface area contributed by atoms with Crippen LogP contribution in [0.25, 0.3) is 0 Å². The number of phenols is 1. The summed E-state index contributed by atoms with van der Waals surface area (Å²) < 4.78 is 0. The lowest BCUT2D eigenvalue weighted by Gasteiger charge is -2.60. The summed E-state index contributed by atoms with van der Waals surface area (Å²) in [5.41, 5.74) is 7.74. The molecule has 0 radical (unpaired) electrons. The molecule has 5 nitrogen and oxygen atoms in total. The number of aliphatic hydroxyl groups is 1. The van der Waals surface area contributed by atoms with Crippen molar-refractivity contribution < 1.29 is 15.0 Å². The number of piperidine rings is 1. The molecule has 3 rings (SSSR count). The Balaban J connectivity index is 2.17. The van der Waals surface area contributed by atoms with Gasteiger partial charge in [-0.1, -0.05) is 29.9 Å². The van der Waals surface area contributed by atoms with Gasteiger partial charge in [-0.25, -0.2) is 0 Å². The normalized spacial score (nSPS) is 30.0. The fourth-order valence-electron chi connectivity index (χ4n) is 5.49. The van der Waals surface area contributed by atoms with Gasteiger partial charge in [0.15, 0.2) is 0 Å². The molecule has 0 bridgehead atoms. The summed E-state index contributed by atoms with van der Waals surface area (Å²) in [5.74, 6) is -0.747. The number of amides is 1. The first-order chi connectivity index (χ1) is 13.5. The van der Waals surface area contributed by atoms with E-state index in [1.807, 2.05) is 13.0 Å². The highest BCUT2D eigenvalue weighted by Gasteiger charge is 2.61. The van der Waals surface area contributed by atoms with Crippen LogP contribution in [0.15, 0.2) is 35.9 Å². The molecule has 2 aliphatic rings. The van der Waals surface area contributed by atoms with Crippen LogP contribution >= 0.6 is 0 Å².